The first-order chi connectivity index (χ1) is 12.4. The number of carbonyl (C=O) groups is 3. The molecule has 0 amide bonds. The minimum absolute atomic E-state index is 0.0189. The van der Waals surface area contributed by atoms with E-state index in [2.05, 4.69) is 0 Å². The molecule has 0 saturated carbocycles. The topological polar surface area (TPSA) is 118 Å². The highest BCUT2D eigenvalue weighted by atomic mass is 16.4. The van der Waals surface area contributed by atoms with E-state index >= 15 is 0 Å². The molecular weight excluding hydrogens is 334 g/mol. The van der Waals surface area contributed by atoms with Crippen LogP contribution in [0, 0.1) is 0 Å². The molecule has 152 valence electrons. The summed E-state index contributed by atoms with van der Waals surface area (Å²) in [4.78, 5) is 32.6. The number of unbranched alkanes of at least 4 members (excludes halogenated alkanes) is 11. The first-order valence-electron chi connectivity index (χ1n) is 10.2. The van der Waals surface area contributed by atoms with Crippen LogP contribution < -0.4 is 5.73 Å². The lowest BCUT2D eigenvalue weighted by Crippen LogP contribution is -2.30. The Morgan fingerprint density at radius 3 is 1.31 bits per heavy atom. The van der Waals surface area contributed by atoms with Crippen LogP contribution in [0.4, 0.5) is 0 Å². The van der Waals surface area contributed by atoms with Crippen molar-refractivity contribution < 1.29 is 24.6 Å². The number of nitrogens with two attached hydrogens (primary N) is 1. The maximum Gasteiger partial charge on any atom is 0.303 e. The Morgan fingerprint density at radius 2 is 0.923 bits per heavy atom. The molecule has 0 rings (SSSR count). The number of hydrogen-bond acceptors (Lipinski definition) is 4. The van der Waals surface area contributed by atoms with Gasteiger partial charge in [-0.3, -0.25) is 14.4 Å². The van der Waals surface area contributed by atoms with Crippen molar-refractivity contribution in [3.05, 3.63) is 0 Å². The smallest absolute Gasteiger partial charge is 0.303 e. The molecule has 0 aromatic carbocycles. The van der Waals surface area contributed by atoms with Crippen molar-refractivity contribution in [2.45, 2.75) is 109 Å². The molecule has 0 radical (unpaired) electrons. The average Bonchev–Trinajstić information content (AvgIpc) is 2.59. The van der Waals surface area contributed by atoms with Gasteiger partial charge in [-0.05, 0) is 19.3 Å². The van der Waals surface area contributed by atoms with Crippen molar-refractivity contribution in [3.8, 4) is 0 Å². The van der Waals surface area contributed by atoms with Crippen LogP contribution in [0.2, 0.25) is 0 Å². The summed E-state index contributed by atoms with van der Waals surface area (Å²) in [5.41, 5.74) is 5.69. The van der Waals surface area contributed by atoms with Crippen LogP contribution in [0.1, 0.15) is 103 Å². The first-order valence-corrected chi connectivity index (χ1v) is 10.2. The number of carboxylic acids is 2. The molecule has 0 unspecified atom stereocenters. The second-order valence-electron chi connectivity index (χ2n) is 7.14. The molecule has 0 aliphatic rings. The fourth-order valence-corrected chi connectivity index (χ4v) is 2.97. The monoisotopic (exact) mass is 371 g/mol. The van der Waals surface area contributed by atoms with Crippen molar-refractivity contribution in [1.82, 2.24) is 0 Å². The van der Waals surface area contributed by atoms with Crippen molar-refractivity contribution in [2.75, 3.05) is 0 Å². The lowest BCUT2D eigenvalue weighted by atomic mass is 10.0. The SMILES string of the molecule is N[C@@H](CCC(=O)O)C(=O)CCCCCCCCCCCCCCC(=O)O. The summed E-state index contributed by atoms with van der Waals surface area (Å²) in [6, 6.07) is -0.629. The van der Waals surface area contributed by atoms with Crippen LogP contribution in [0.3, 0.4) is 0 Å². The van der Waals surface area contributed by atoms with Gasteiger partial charge >= 0.3 is 11.9 Å². The fraction of sp³-hybridized carbons (Fsp3) is 0.850. The lowest BCUT2D eigenvalue weighted by molar-refractivity contribution is -0.138. The fourth-order valence-electron chi connectivity index (χ4n) is 2.97. The summed E-state index contributed by atoms with van der Waals surface area (Å²) in [6.07, 6.45) is 14.2. The van der Waals surface area contributed by atoms with Crippen LogP contribution in [-0.4, -0.2) is 34.0 Å². The molecule has 0 aromatic rings. The van der Waals surface area contributed by atoms with E-state index < -0.39 is 18.0 Å². The summed E-state index contributed by atoms with van der Waals surface area (Å²) in [5.74, 6) is -1.63. The van der Waals surface area contributed by atoms with Crippen LogP contribution in [0.15, 0.2) is 0 Å². The van der Waals surface area contributed by atoms with E-state index in [1.807, 2.05) is 0 Å². The van der Waals surface area contributed by atoms with E-state index in [4.69, 9.17) is 15.9 Å². The number of carbonyl (C=O) groups excluding carboxylic acids is 1. The zero-order valence-corrected chi connectivity index (χ0v) is 16.1. The molecule has 6 heteroatoms. The van der Waals surface area contributed by atoms with E-state index in [9.17, 15) is 14.4 Å². The zero-order valence-electron chi connectivity index (χ0n) is 16.1. The van der Waals surface area contributed by atoms with E-state index in [1.165, 1.54) is 38.5 Å². The highest BCUT2D eigenvalue weighted by Crippen LogP contribution is 2.13. The highest BCUT2D eigenvalue weighted by molar-refractivity contribution is 5.84. The molecular formula is C20H37NO5. The number of aliphatic carboxylic acids is 2. The molecule has 0 saturated heterocycles. The van der Waals surface area contributed by atoms with Gasteiger partial charge in [0.2, 0.25) is 0 Å². The number of hydrogen-bond donors (Lipinski definition) is 3. The molecule has 0 bridgehead atoms. The molecule has 0 spiro atoms. The Labute approximate surface area is 157 Å². The summed E-state index contributed by atoms with van der Waals surface area (Å²) < 4.78 is 0. The van der Waals surface area contributed by atoms with E-state index in [0.29, 0.717) is 12.8 Å². The third-order valence-corrected chi connectivity index (χ3v) is 4.65. The Morgan fingerprint density at radius 1 is 0.577 bits per heavy atom. The third-order valence-electron chi connectivity index (χ3n) is 4.65. The molecule has 4 N–H and O–H groups in total. The maximum atomic E-state index is 11.7. The van der Waals surface area contributed by atoms with E-state index in [1.54, 1.807) is 0 Å². The van der Waals surface area contributed by atoms with Crippen molar-refractivity contribution in [1.29, 1.82) is 0 Å². The summed E-state index contributed by atoms with van der Waals surface area (Å²) >= 11 is 0. The second kappa shape index (κ2) is 17.0. The van der Waals surface area contributed by atoms with Gasteiger partial charge in [0, 0.05) is 19.3 Å². The standard InChI is InChI=1S/C20H37NO5/c21-17(15-16-20(25)26)18(22)13-11-9-7-5-3-1-2-4-6-8-10-12-14-19(23)24/h17H,1-16,21H2,(H,23,24)(H,25,26)/t17-/m0/s1. The predicted octanol–water partition coefficient (Wildman–Crippen LogP) is 4.29. The van der Waals surface area contributed by atoms with Gasteiger partial charge in [0.05, 0.1) is 6.04 Å². The predicted molar refractivity (Wildman–Crippen MR) is 102 cm³/mol. The first kappa shape index (κ1) is 24.6. The largest absolute Gasteiger partial charge is 0.481 e. The number of rotatable bonds is 19. The van der Waals surface area contributed by atoms with Gasteiger partial charge in [-0.15, -0.1) is 0 Å². The van der Waals surface area contributed by atoms with Gasteiger partial charge in [0.1, 0.15) is 5.78 Å². The molecule has 26 heavy (non-hydrogen) atoms. The van der Waals surface area contributed by atoms with Crippen molar-refractivity contribution in [2.24, 2.45) is 5.73 Å². The number of carboxylic acid groups (broad SMARTS) is 2. The van der Waals surface area contributed by atoms with Gasteiger partial charge in [-0.25, -0.2) is 0 Å². The molecule has 0 heterocycles. The zero-order chi connectivity index (χ0) is 19.6. The van der Waals surface area contributed by atoms with E-state index in [-0.39, 0.29) is 18.6 Å². The molecule has 0 aliphatic heterocycles. The molecule has 0 aromatic heterocycles. The number of ketones is 1. The Hall–Kier alpha value is -1.43. The van der Waals surface area contributed by atoms with Gasteiger partial charge in [0.15, 0.2) is 0 Å². The van der Waals surface area contributed by atoms with Crippen molar-refractivity contribution >= 4 is 17.7 Å². The lowest BCUT2D eigenvalue weighted by Gasteiger charge is -2.08. The van der Waals surface area contributed by atoms with Crippen LogP contribution in [0.25, 0.3) is 0 Å². The van der Waals surface area contributed by atoms with Gasteiger partial charge in [-0.2, -0.15) is 0 Å². The molecule has 0 aliphatic carbocycles. The van der Waals surface area contributed by atoms with Crippen molar-refractivity contribution in [3.63, 3.8) is 0 Å². The second-order valence-corrected chi connectivity index (χ2v) is 7.14. The summed E-state index contributed by atoms with van der Waals surface area (Å²) in [7, 11) is 0. The quantitative estimate of drug-likeness (QED) is 0.291. The Kier molecular flexibility index (Phi) is 16.1. The van der Waals surface area contributed by atoms with E-state index in [0.717, 1.165) is 38.5 Å². The van der Waals surface area contributed by atoms with Gasteiger partial charge < -0.3 is 15.9 Å². The average molecular weight is 372 g/mol. The Balaban J connectivity index is 3.27. The highest BCUT2D eigenvalue weighted by Gasteiger charge is 2.14. The maximum absolute atomic E-state index is 11.7. The normalized spacial score (nSPS) is 12.0. The van der Waals surface area contributed by atoms with Gasteiger partial charge in [-0.1, -0.05) is 64.2 Å². The van der Waals surface area contributed by atoms with Gasteiger partial charge in [0.25, 0.3) is 0 Å². The van der Waals surface area contributed by atoms with Crippen LogP contribution in [-0.2, 0) is 14.4 Å². The van der Waals surface area contributed by atoms with Crippen LogP contribution in [0.5, 0.6) is 0 Å². The summed E-state index contributed by atoms with van der Waals surface area (Å²) in [6.45, 7) is 0. The third kappa shape index (κ3) is 17.4. The number of Topliss-reactive ketones (excluding diaryl/α,β-unsaturated/α-hetero) is 1. The minimum Gasteiger partial charge on any atom is -0.481 e. The van der Waals surface area contributed by atoms with Crippen LogP contribution >= 0.6 is 0 Å². The molecule has 1 atom stereocenters. The Bertz CT molecular complexity index is 398. The molecule has 6 nitrogen and oxygen atoms in total. The minimum atomic E-state index is -0.911. The molecule has 0 fully saturated rings. The summed E-state index contributed by atoms with van der Waals surface area (Å²) in [5, 5.41) is 17.1.